The number of likely N-dealkylation sites (tertiary alicyclic amines) is 1. The number of carbonyl (C=O) groups is 1. The number of halogens is 1. The Kier molecular flexibility index (Phi) is 12.0. The van der Waals surface area contributed by atoms with Crippen molar-refractivity contribution in [2.45, 2.75) is 64.0 Å². The Balaban J connectivity index is 1.87. The summed E-state index contributed by atoms with van der Waals surface area (Å²) in [5, 5.41) is 18.8. The predicted octanol–water partition coefficient (Wildman–Crippen LogP) is 5.68. The van der Waals surface area contributed by atoms with Crippen molar-refractivity contribution >= 4 is 6.03 Å². The molecule has 1 aliphatic rings. The average Bonchev–Trinajstić information content (AvgIpc) is 2.92. The number of hydrogen-bond acceptors (Lipinski definition) is 5. The highest BCUT2D eigenvalue weighted by Crippen LogP contribution is 2.44. The highest BCUT2D eigenvalue weighted by atomic mass is 19.1. The number of amides is 2. The number of benzene rings is 2. The van der Waals surface area contributed by atoms with Gasteiger partial charge in [0.1, 0.15) is 5.75 Å². The molecule has 216 valence electrons. The number of rotatable bonds is 14. The number of methoxy groups -OCH3 is 1. The molecule has 1 aliphatic heterocycles. The minimum Gasteiger partial charge on any atom is -0.454 e. The molecule has 7 nitrogen and oxygen atoms in total. The number of aliphatic hydroxyl groups is 1. The molecule has 0 saturated carbocycles. The zero-order valence-electron chi connectivity index (χ0n) is 23.9. The number of ether oxygens (including phenoxy) is 2. The van der Waals surface area contributed by atoms with Crippen LogP contribution < -0.4 is 15.4 Å². The van der Waals surface area contributed by atoms with Crippen LogP contribution in [0.2, 0.25) is 0 Å². The molecule has 2 amide bonds. The number of hydrogen-bond donors (Lipinski definition) is 3. The summed E-state index contributed by atoms with van der Waals surface area (Å²) >= 11 is 0. The molecule has 0 spiro atoms. The van der Waals surface area contributed by atoms with Crippen molar-refractivity contribution in [3.05, 3.63) is 59.9 Å². The molecule has 0 bridgehead atoms. The second kappa shape index (κ2) is 15.2. The van der Waals surface area contributed by atoms with Crippen molar-refractivity contribution in [2.75, 3.05) is 40.4 Å². The van der Waals surface area contributed by atoms with Gasteiger partial charge >= 0.3 is 6.03 Å². The van der Waals surface area contributed by atoms with E-state index in [0.29, 0.717) is 49.9 Å². The number of nitrogens with one attached hydrogen (secondary N) is 2. The van der Waals surface area contributed by atoms with E-state index in [9.17, 15) is 14.3 Å². The van der Waals surface area contributed by atoms with Crippen molar-refractivity contribution in [1.29, 1.82) is 0 Å². The first-order chi connectivity index (χ1) is 18.8. The highest BCUT2D eigenvalue weighted by Gasteiger charge is 2.43. The first kappa shape index (κ1) is 30.9. The molecule has 3 N–H and O–H groups in total. The number of para-hydroxylation sites is 2. The topological polar surface area (TPSA) is 83.1 Å². The summed E-state index contributed by atoms with van der Waals surface area (Å²) < 4.78 is 25.7. The number of nitrogens with zero attached hydrogens (tertiary/aromatic N) is 1. The smallest absolute Gasteiger partial charge is 0.317 e. The quantitative estimate of drug-likeness (QED) is 0.267. The molecule has 0 radical (unpaired) electrons. The van der Waals surface area contributed by atoms with Gasteiger partial charge in [-0.05, 0) is 69.7 Å². The monoisotopic (exact) mass is 543 g/mol. The predicted molar refractivity (Wildman–Crippen MR) is 153 cm³/mol. The maximum absolute atomic E-state index is 14.5. The molecule has 1 saturated heterocycles. The Bertz CT molecular complexity index is 1040. The SMILES string of the molecule is CNCC(CC(C)C)NC(=O)N1CCC[C@@H]([C@](O)(CCCCOC)c2ccccc2Oc2ccccc2F)C1. The van der Waals surface area contributed by atoms with Crippen LogP contribution in [0.1, 0.15) is 57.9 Å². The van der Waals surface area contributed by atoms with Gasteiger partial charge in [0, 0.05) is 50.9 Å². The molecule has 1 fully saturated rings. The van der Waals surface area contributed by atoms with E-state index in [4.69, 9.17) is 9.47 Å². The van der Waals surface area contributed by atoms with E-state index >= 15 is 0 Å². The van der Waals surface area contributed by atoms with E-state index < -0.39 is 11.4 Å². The number of piperidine rings is 1. The van der Waals surface area contributed by atoms with E-state index in [-0.39, 0.29) is 23.7 Å². The molecule has 1 heterocycles. The second-order valence-electron chi connectivity index (χ2n) is 11.0. The van der Waals surface area contributed by atoms with Crippen LogP contribution in [0.25, 0.3) is 0 Å². The largest absolute Gasteiger partial charge is 0.454 e. The Labute approximate surface area is 233 Å². The Morgan fingerprint density at radius 3 is 2.56 bits per heavy atom. The third-order valence-corrected chi connectivity index (χ3v) is 7.48. The molecule has 2 aromatic rings. The van der Waals surface area contributed by atoms with E-state index in [1.807, 2.05) is 30.1 Å². The van der Waals surface area contributed by atoms with Gasteiger partial charge in [-0.2, -0.15) is 0 Å². The van der Waals surface area contributed by atoms with E-state index in [2.05, 4.69) is 24.5 Å². The van der Waals surface area contributed by atoms with Crippen LogP contribution in [-0.2, 0) is 10.3 Å². The molecule has 1 unspecified atom stereocenters. The van der Waals surface area contributed by atoms with Gasteiger partial charge in [0.2, 0.25) is 0 Å². The van der Waals surface area contributed by atoms with Crippen LogP contribution >= 0.6 is 0 Å². The van der Waals surface area contributed by atoms with Crippen molar-refractivity contribution in [3.63, 3.8) is 0 Å². The van der Waals surface area contributed by atoms with Gasteiger partial charge in [-0.1, -0.05) is 44.2 Å². The third-order valence-electron chi connectivity index (χ3n) is 7.48. The lowest BCUT2D eigenvalue weighted by molar-refractivity contribution is -0.0575. The minimum atomic E-state index is -1.27. The molecule has 39 heavy (non-hydrogen) atoms. The lowest BCUT2D eigenvalue weighted by Gasteiger charge is -2.43. The Hall–Kier alpha value is -2.68. The first-order valence-corrected chi connectivity index (χ1v) is 14.2. The molecule has 3 atom stereocenters. The van der Waals surface area contributed by atoms with Crippen LogP contribution in [0, 0.1) is 17.7 Å². The van der Waals surface area contributed by atoms with Gasteiger partial charge in [0.05, 0.1) is 5.60 Å². The number of unbranched alkanes of at least 4 members (excludes halogenated alkanes) is 1. The van der Waals surface area contributed by atoms with Gasteiger partial charge in [-0.3, -0.25) is 0 Å². The van der Waals surface area contributed by atoms with Crippen molar-refractivity contribution < 1.29 is 23.8 Å². The number of likely N-dealkylation sites (N-methyl/N-ethyl adjacent to an activating group) is 1. The molecule has 0 aromatic heterocycles. The fourth-order valence-corrected chi connectivity index (χ4v) is 5.58. The summed E-state index contributed by atoms with van der Waals surface area (Å²) in [6.07, 6.45) is 4.45. The van der Waals surface area contributed by atoms with Crippen molar-refractivity contribution in [3.8, 4) is 11.5 Å². The molecular weight excluding hydrogens is 497 g/mol. The Morgan fingerprint density at radius 1 is 1.15 bits per heavy atom. The summed E-state index contributed by atoms with van der Waals surface area (Å²) in [6.45, 7) is 6.67. The maximum Gasteiger partial charge on any atom is 0.317 e. The van der Waals surface area contributed by atoms with Gasteiger partial charge in [-0.15, -0.1) is 0 Å². The minimum absolute atomic E-state index is 0.0331. The third kappa shape index (κ3) is 8.65. The van der Waals surface area contributed by atoms with Crippen LogP contribution in [0.5, 0.6) is 11.5 Å². The fraction of sp³-hybridized carbons (Fsp3) is 0.581. The lowest BCUT2D eigenvalue weighted by Crippen LogP contribution is -2.54. The molecular formula is C31H46FN3O4. The summed E-state index contributed by atoms with van der Waals surface area (Å²) in [6, 6.07) is 13.5. The van der Waals surface area contributed by atoms with E-state index in [1.54, 1.807) is 31.4 Å². The Morgan fingerprint density at radius 2 is 1.87 bits per heavy atom. The van der Waals surface area contributed by atoms with Crippen LogP contribution in [0.4, 0.5) is 9.18 Å². The summed E-state index contributed by atoms with van der Waals surface area (Å²) in [5.41, 5.74) is -0.651. The van der Waals surface area contributed by atoms with Gasteiger partial charge in [0.15, 0.2) is 11.6 Å². The zero-order chi connectivity index (χ0) is 28.3. The fourth-order valence-electron chi connectivity index (χ4n) is 5.58. The molecule has 2 aromatic carbocycles. The molecule has 3 rings (SSSR count). The summed E-state index contributed by atoms with van der Waals surface area (Å²) in [5.74, 6) is 0.314. The van der Waals surface area contributed by atoms with Gasteiger partial charge in [0.25, 0.3) is 0 Å². The van der Waals surface area contributed by atoms with Crippen LogP contribution in [-0.4, -0.2) is 62.5 Å². The first-order valence-electron chi connectivity index (χ1n) is 14.2. The van der Waals surface area contributed by atoms with Crippen LogP contribution in [0.15, 0.2) is 48.5 Å². The van der Waals surface area contributed by atoms with Crippen molar-refractivity contribution in [2.24, 2.45) is 11.8 Å². The molecule has 0 aliphatic carbocycles. The summed E-state index contributed by atoms with van der Waals surface area (Å²) in [7, 11) is 3.56. The maximum atomic E-state index is 14.5. The molecule has 8 heteroatoms. The van der Waals surface area contributed by atoms with E-state index in [1.165, 1.54) is 6.07 Å². The number of carbonyl (C=O) groups excluding carboxylic acids is 1. The standard InChI is InChI=1S/C31H46FN3O4/c1-23(2)20-25(21-33-3)34-30(36)35-18-11-12-24(22-35)31(37,17-9-10-19-38-4)26-13-5-7-15-28(26)39-29-16-8-6-14-27(29)32/h5-8,13-16,23-25,33,37H,9-12,17-22H2,1-4H3,(H,34,36)/t24-,25?,31-/m1/s1. The lowest BCUT2D eigenvalue weighted by atomic mass is 9.73. The van der Waals surface area contributed by atoms with Gasteiger partial charge in [-0.25, -0.2) is 9.18 Å². The normalized spacial score (nSPS) is 18.0. The highest BCUT2D eigenvalue weighted by molar-refractivity contribution is 5.74. The van der Waals surface area contributed by atoms with Gasteiger partial charge < -0.3 is 30.1 Å². The second-order valence-corrected chi connectivity index (χ2v) is 11.0. The summed E-state index contributed by atoms with van der Waals surface area (Å²) in [4.78, 5) is 15.2. The van der Waals surface area contributed by atoms with E-state index in [0.717, 1.165) is 32.1 Å². The zero-order valence-corrected chi connectivity index (χ0v) is 23.9. The van der Waals surface area contributed by atoms with Crippen LogP contribution in [0.3, 0.4) is 0 Å². The van der Waals surface area contributed by atoms with Crippen molar-refractivity contribution in [1.82, 2.24) is 15.5 Å². The number of urea groups is 1. The average molecular weight is 544 g/mol.